The zero-order chi connectivity index (χ0) is 12.6. The van der Waals surface area contributed by atoms with E-state index in [9.17, 15) is 9.90 Å². The first-order valence-electron chi connectivity index (χ1n) is 5.98. The highest BCUT2D eigenvalue weighted by atomic mass is 16.3. The molecule has 0 unspecified atom stereocenters. The summed E-state index contributed by atoms with van der Waals surface area (Å²) < 4.78 is 5.36. The molecule has 2 rings (SSSR count). The summed E-state index contributed by atoms with van der Waals surface area (Å²) in [6.45, 7) is 4.35. The molecule has 0 saturated heterocycles. The van der Waals surface area contributed by atoms with Crippen LogP contribution >= 0.6 is 0 Å². The van der Waals surface area contributed by atoms with E-state index in [1.54, 1.807) is 24.9 Å². The van der Waals surface area contributed by atoms with Crippen molar-refractivity contribution in [1.82, 2.24) is 4.90 Å². The number of amides is 1. The minimum Gasteiger partial charge on any atom is -0.466 e. The maximum absolute atomic E-state index is 12.1. The largest absolute Gasteiger partial charge is 0.466 e. The third-order valence-electron chi connectivity index (χ3n) is 3.36. The standard InChI is InChI=1S/C13H19NO3/c1-8-4-12(9(2)17-8)13(16)14(3)7-10-5-11(15)6-10/h4,10-11,15H,5-7H2,1-3H3. The van der Waals surface area contributed by atoms with Crippen LogP contribution in [0.15, 0.2) is 10.5 Å². The molecule has 1 aromatic heterocycles. The van der Waals surface area contributed by atoms with Gasteiger partial charge in [0.2, 0.25) is 0 Å². The summed E-state index contributed by atoms with van der Waals surface area (Å²) in [6.07, 6.45) is 1.45. The quantitative estimate of drug-likeness (QED) is 0.871. The summed E-state index contributed by atoms with van der Waals surface area (Å²) in [5.74, 6) is 1.87. The van der Waals surface area contributed by atoms with Gasteiger partial charge in [-0.3, -0.25) is 4.79 Å². The number of hydrogen-bond acceptors (Lipinski definition) is 3. The van der Waals surface area contributed by atoms with Gasteiger partial charge < -0.3 is 14.4 Å². The van der Waals surface area contributed by atoms with Crippen LogP contribution in [0.2, 0.25) is 0 Å². The molecule has 0 radical (unpaired) electrons. The van der Waals surface area contributed by atoms with E-state index in [0.717, 1.165) is 18.6 Å². The molecule has 4 nitrogen and oxygen atoms in total. The average Bonchev–Trinajstić information content (AvgIpc) is 2.54. The number of carbonyl (C=O) groups excluding carboxylic acids is 1. The molecule has 0 spiro atoms. The van der Waals surface area contributed by atoms with E-state index in [-0.39, 0.29) is 12.0 Å². The number of aliphatic hydroxyl groups is 1. The predicted molar refractivity (Wildman–Crippen MR) is 63.9 cm³/mol. The Labute approximate surface area is 101 Å². The number of aryl methyl sites for hydroxylation is 2. The molecule has 0 atom stereocenters. The maximum Gasteiger partial charge on any atom is 0.257 e. The Morgan fingerprint density at radius 3 is 2.65 bits per heavy atom. The van der Waals surface area contributed by atoms with Crippen LogP contribution in [0.4, 0.5) is 0 Å². The number of aliphatic hydroxyl groups excluding tert-OH is 1. The van der Waals surface area contributed by atoms with E-state index in [0.29, 0.717) is 23.8 Å². The van der Waals surface area contributed by atoms with Gasteiger partial charge in [0.25, 0.3) is 5.91 Å². The van der Waals surface area contributed by atoms with E-state index < -0.39 is 0 Å². The van der Waals surface area contributed by atoms with Gasteiger partial charge in [0.1, 0.15) is 11.5 Å². The molecule has 17 heavy (non-hydrogen) atoms. The Balaban J connectivity index is 1.97. The normalized spacial score (nSPS) is 23.3. The van der Waals surface area contributed by atoms with Crippen molar-refractivity contribution in [3.8, 4) is 0 Å². The van der Waals surface area contributed by atoms with Crippen molar-refractivity contribution in [2.45, 2.75) is 32.8 Å². The zero-order valence-corrected chi connectivity index (χ0v) is 10.6. The van der Waals surface area contributed by atoms with E-state index in [4.69, 9.17) is 4.42 Å². The molecule has 0 aromatic carbocycles. The molecule has 1 heterocycles. The maximum atomic E-state index is 12.1. The summed E-state index contributed by atoms with van der Waals surface area (Å²) in [4.78, 5) is 13.9. The smallest absolute Gasteiger partial charge is 0.257 e. The average molecular weight is 237 g/mol. The molecule has 1 fully saturated rings. The minimum atomic E-state index is -0.165. The molecule has 0 aliphatic heterocycles. The van der Waals surface area contributed by atoms with Crippen molar-refractivity contribution in [3.63, 3.8) is 0 Å². The van der Waals surface area contributed by atoms with E-state index in [1.807, 2.05) is 6.92 Å². The summed E-state index contributed by atoms with van der Waals surface area (Å²) >= 11 is 0. The Bertz CT molecular complexity index is 418. The Morgan fingerprint density at radius 1 is 1.53 bits per heavy atom. The van der Waals surface area contributed by atoms with E-state index in [2.05, 4.69) is 0 Å². The number of hydrogen-bond donors (Lipinski definition) is 1. The molecule has 94 valence electrons. The Kier molecular flexibility index (Phi) is 3.24. The van der Waals surface area contributed by atoms with Crippen LogP contribution in [0, 0.1) is 19.8 Å². The summed E-state index contributed by atoms with van der Waals surface area (Å²) in [7, 11) is 1.80. The van der Waals surface area contributed by atoms with Gasteiger partial charge in [-0.1, -0.05) is 0 Å². The van der Waals surface area contributed by atoms with Crippen LogP contribution in [0.1, 0.15) is 34.7 Å². The van der Waals surface area contributed by atoms with Gasteiger partial charge in [-0.25, -0.2) is 0 Å². The molecule has 0 bridgehead atoms. The second-order valence-electron chi connectivity index (χ2n) is 5.00. The minimum absolute atomic E-state index is 0.000685. The molecular formula is C13H19NO3. The van der Waals surface area contributed by atoms with Crippen molar-refractivity contribution in [2.24, 2.45) is 5.92 Å². The lowest BCUT2D eigenvalue weighted by Gasteiger charge is -2.34. The Morgan fingerprint density at radius 2 is 2.18 bits per heavy atom. The third kappa shape index (κ3) is 2.52. The summed E-state index contributed by atoms with van der Waals surface area (Å²) in [5.41, 5.74) is 0.643. The van der Waals surface area contributed by atoms with Crippen LogP contribution in [-0.2, 0) is 0 Å². The topological polar surface area (TPSA) is 53.7 Å². The molecule has 4 heteroatoms. The highest BCUT2D eigenvalue weighted by Crippen LogP contribution is 2.28. The van der Waals surface area contributed by atoms with Crippen LogP contribution in [0.25, 0.3) is 0 Å². The first kappa shape index (κ1) is 12.2. The second-order valence-corrected chi connectivity index (χ2v) is 5.00. The van der Waals surface area contributed by atoms with Gasteiger partial charge in [0.05, 0.1) is 11.7 Å². The van der Waals surface area contributed by atoms with Gasteiger partial charge in [-0.15, -0.1) is 0 Å². The predicted octanol–water partition coefficient (Wildman–Crippen LogP) is 1.74. The monoisotopic (exact) mass is 237 g/mol. The lowest BCUT2D eigenvalue weighted by Crippen LogP contribution is -2.39. The molecular weight excluding hydrogens is 218 g/mol. The third-order valence-corrected chi connectivity index (χ3v) is 3.36. The molecule has 1 amide bonds. The first-order valence-corrected chi connectivity index (χ1v) is 5.98. The molecule has 1 N–H and O–H groups in total. The van der Waals surface area contributed by atoms with Gasteiger partial charge in [0.15, 0.2) is 0 Å². The van der Waals surface area contributed by atoms with Crippen molar-refractivity contribution < 1.29 is 14.3 Å². The van der Waals surface area contributed by atoms with Gasteiger partial charge in [0, 0.05) is 13.6 Å². The fourth-order valence-corrected chi connectivity index (χ4v) is 2.37. The lowest BCUT2D eigenvalue weighted by atomic mass is 9.82. The molecule has 1 saturated carbocycles. The van der Waals surface area contributed by atoms with Crippen LogP contribution < -0.4 is 0 Å². The zero-order valence-electron chi connectivity index (χ0n) is 10.6. The summed E-state index contributed by atoms with van der Waals surface area (Å²) in [5, 5.41) is 9.22. The van der Waals surface area contributed by atoms with Crippen molar-refractivity contribution in [2.75, 3.05) is 13.6 Å². The number of rotatable bonds is 3. The van der Waals surface area contributed by atoms with Crippen molar-refractivity contribution in [1.29, 1.82) is 0 Å². The highest BCUT2D eigenvalue weighted by molar-refractivity contribution is 5.95. The highest BCUT2D eigenvalue weighted by Gasteiger charge is 2.29. The van der Waals surface area contributed by atoms with Gasteiger partial charge >= 0.3 is 0 Å². The Hall–Kier alpha value is -1.29. The van der Waals surface area contributed by atoms with Crippen LogP contribution in [0.3, 0.4) is 0 Å². The van der Waals surface area contributed by atoms with E-state index in [1.165, 1.54) is 0 Å². The van der Waals surface area contributed by atoms with Crippen LogP contribution in [0.5, 0.6) is 0 Å². The molecule has 1 aliphatic carbocycles. The van der Waals surface area contributed by atoms with E-state index >= 15 is 0 Å². The lowest BCUT2D eigenvalue weighted by molar-refractivity contribution is 0.0265. The summed E-state index contributed by atoms with van der Waals surface area (Å²) in [6, 6.07) is 1.78. The fraction of sp³-hybridized carbons (Fsp3) is 0.615. The molecule has 1 aliphatic rings. The molecule has 1 aromatic rings. The van der Waals surface area contributed by atoms with Gasteiger partial charge in [-0.05, 0) is 38.7 Å². The SMILES string of the molecule is Cc1cc(C(=O)N(C)CC2CC(O)C2)c(C)o1. The number of furan rings is 1. The van der Waals surface area contributed by atoms with Crippen molar-refractivity contribution >= 4 is 5.91 Å². The van der Waals surface area contributed by atoms with Crippen LogP contribution in [-0.4, -0.2) is 35.6 Å². The first-order chi connectivity index (χ1) is 7.97. The fourth-order valence-electron chi connectivity index (χ4n) is 2.37. The number of nitrogens with zero attached hydrogens (tertiary/aromatic N) is 1. The number of carbonyl (C=O) groups is 1. The van der Waals surface area contributed by atoms with Crippen molar-refractivity contribution in [3.05, 3.63) is 23.2 Å². The van der Waals surface area contributed by atoms with Gasteiger partial charge in [-0.2, -0.15) is 0 Å². The second kappa shape index (κ2) is 4.53.